The topological polar surface area (TPSA) is 76.7 Å². The Bertz CT molecular complexity index is 840. The molecule has 1 aliphatic heterocycles. The zero-order valence-corrected chi connectivity index (χ0v) is 15.7. The number of nitrogens with one attached hydrogen (secondary N) is 2. The van der Waals surface area contributed by atoms with Gasteiger partial charge >= 0.3 is 0 Å². The van der Waals surface area contributed by atoms with Crippen LogP contribution in [0, 0.1) is 5.92 Å². The molecule has 0 spiro atoms. The molecule has 0 aliphatic carbocycles. The van der Waals surface area contributed by atoms with Crippen molar-refractivity contribution < 1.29 is 19.1 Å². The summed E-state index contributed by atoms with van der Waals surface area (Å²) in [7, 11) is 0. The minimum atomic E-state index is -0.585. The van der Waals surface area contributed by atoms with Crippen LogP contribution in [-0.4, -0.2) is 25.0 Å². The minimum absolute atomic E-state index is 0.0321. The van der Waals surface area contributed by atoms with Crippen LogP contribution in [0.15, 0.2) is 42.5 Å². The van der Waals surface area contributed by atoms with Gasteiger partial charge in [-0.2, -0.15) is 0 Å². The number of ether oxygens (including phenoxy) is 2. The number of hydrogen-bond donors (Lipinski definition) is 2. The van der Waals surface area contributed by atoms with Crippen molar-refractivity contribution >= 4 is 29.1 Å². The molecule has 3 rings (SSSR count). The van der Waals surface area contributed by atoms with Crippen molar-refractivity contribution in [1.82, 2.24) is 5.32 Å². The molecule has 0 saturated carbocycles. The van der Waals surface area contributed by atoms with Gasteiger partial charge in [-0.1, -0.05) is 29.8 Å². The highest BCUT2D eigenvalue weighted by atomic mass is 35.5. The molecule has 142 valence electrons. The smallest absolute Gasteiger partial charge is 0.231 e. The summed E-state index contributed by atoms with van der Waals surface area (Å²) in [6.07, 6.45) is 0.0321. The Balaban J connectivity index is 1.58. The van der Waals surface area contributed by atoms with Gasteiger partial charge in [0, 0.05) is 29.6 Å². The first-order valence-electron chi connectivity index (χ1n) is 8.77. The molecule has 7 heteroatoms. The highest BCUT2D eigenvalue weighted by Gasteiger charge is 2.27. The van der Waals surface area contributed by atoms with Crippen molar-refractivity contribution in [3.05, 3.63) is 53.1 Å². The molecule has 1 unspecified atom stereocenters. The second-order valence-electron chi connectivity index (χ2n) is 6.16. The van der Waals surface area contributed by atoms with Crippen molar-refractivity contribution in [2.75, 3.05) is 18.5 Å². The van der Waals surface area contributed by atoms with Crippen LogP contribution in [-0.2, 0) is 16.1 Å². The van der Waals surface area contributed by atoms with Crippen molar-refractivity contribution in [2.24, 2.45) is 5.92 Å². The van der Waals surface area contributed by atoms with E-state index in [-0.39, 0.29) is 24.8 Å². The van der Waals surface area contributed by atoms with Gasteiger partial charge in [-0.3, -0.25) is 9.59 Å². The molecule has 0 bridgehead atoms. The zero-order valence-electron chi connectivity index (χ0n) is 15.0. The maximum atomic E-state index is 12.4. The molecule has 2 N–H and O–H groups in total. The van der Waals surface area contributed by atoms with Crippen LogP contribution in [0.1, 0.15) is 18.9 Å². The van der Waals surface area contributed by atoms with Crippen molar-refractivity contribution in [3.63, 3.8) is 0 Å². The summed E-state index contributed by atoms with van der Waals surface area (Å²) in [6, 6.07) is 12.5. The number of carbonyl (C=O) groups is 2. The zero-order chi connectivity index (χ0) is 19.2. The molecule has 0 radical (unpaired) electrons. The average Bonchev–Trinajstić information content (AvgIpc) is 2.80. The number of halogens is 1. The van der Waals surface area contributed by atoms with E-state index in [4.69, 9.17) is 21.1 Å². The van der Waals surface area contributed by atoms with E-state index in [1.165, 1.54) is 0 Å². The lowest BCUT2D eigenvalue weighted by Crippen LogP contribution is -2.32. The second kappa shape index (κ2) is 8.77. The Morgan fingerprint density at radius 1 is 1.33 bits per heavy atom. The van der Waals surface area contributed by atoms with Gasteiger partial charge in [0.15, 0.2) is 0 Å². The maximum absolute atomic E-state index is 12.4. The summed E-state index contributed by atoms with van der Waals surface area (Å²) in [4.78, 5) is 24.7. The first kappa shape index (κ1) is 19.0. The molecule has 0 fully saturated rings. The number of para-hydroxylation sites is 1. The van der Waals surface area contributed by atoms with Gasteiger partial charge in [0.2, 0.25) is 11.8 Å². The second-order valence-corrected chi connectivity index (χ2v) is 6.60. The van der Waals surface area contributed by atoms with E-state index >= 15 is 0 Å². The fourth-order valence-electron chi connectivity index (χ4n) is 2.81. The maximum Gasteiger partial charge on any atom is 0.231 e. The lowest BCUT2D eigenvalue weighted by molar-refractivity contribution is -0.128. The standard InChI is InChI=1S/C20H21ClN2O4/c1-2-26-17-6-4-3-5-13(17)11-22-19(24)9-14-12-27-18-10-15(21)7-8-16(18)23-20(14)25/h3-8,10,14H,2,9,11-12H2,1H3,(H,22,24)(H,23,25). The van der Waals surface area contributed by atoms with Crippen LogP contribution in [0.5, 0.6) is 11.5 Å². The van der Waals surface area contributed by atoms with Crippen molar-refractivity contribution in [2.45, 2.75) is 19.9 Å². The average molecular weight is 389 g/mol. The third-order valence-corrected chi connectivity index (χ3v) is 4.43. The quantitative estimate of drug-likeness (QED) is 0.795. The Hall–Kier alpha value is -2.73. The van der Waals surface area contributed by atoms with Gasteiger partial charge in [0.05, 0.1) is 18.2 Å². The van der Waals surface area contributed by atoms with Crippen LogP contribution in [0.2, 0.25) is 5.02 Å². The summed E-state index contributed by atoms with van der Waals surface area (Å²) in [6.45, 7) is 2.91. The van der Waals surface area contributed by atoms with E-state index in [2.05, 4.69) is 10.6 Å². The predicted octanol–water partition coefficient (Wildman–Crippen LogP) is 3.39. The Morgan fingerprint density at radius 2 is 2.15 bits per heavy atom. The van der Waals surface area contributed by atoms with Crippen LogP contribution >= 0.6 is 11.6 Å². The van der Waals surface area contributed by atoms with Gasteiger partial charge in [0.1, 0.15) is 18.1 Å². The fraction of sp³-hybridized carbons (Fsp3) is 0.300. The first-order chi connectivity index (χ1) is 13.1. The number of amides is 2. The fourth-order valence-corrected chi connectivity index (χ4v) is 2.97. The summed E-state index contributed by atoms with van der Waals surface area (Å²) in [5, 5.41) is 6.14. The van der Waals surface area contributed by atoms with Gasteiger partial charge in [-0.15, -0.1) is 0 Å². The Kier molecular flexibility index (Phi) is 6.19. The van der Waals surface area contributed by atoms with Gasteiger partial charge in [0.25, 0.3) is 0 Å². The van der Waals surface area contributed by atoms with E-state index in [9.17, 15) is 9.59 Å². The number of benzene rings is 2. The first-order valence-corrected chi connectivity index (χ1v) is 9.15. The van der Waals surface area contributed by atoms with Crippen molar-refractivity contribution in [1.29, 1.82) is 0 Å². The predicted molar refractivity (Wildman–Crippen MR) is 103 cm³/mol. The number of hydrogen-bond acceptors (Lipinski definition) is 4. The van der Waals surface area contributed by atoms with Crippen LogP contribution in [0.3, 0.4) is 0 Å². The number of carbonyl (C=O) groups excluding carboxylic acids is 2. The van der Waals surface area contributed by atoms with E-state index in [0.29, 0.717) is 29.6 Å². The third-order valence-electron chi connectivity index (χ3n) is 4.19. The van der Waals surface area contributed by atoms with Gasteiger partial charge in [-0.05, 0) is 25.1 Å². The molecule has 1 heterocycles. The van der Waals surface area contributed by atoms with E-state index < -0.39 is 5.92 Å². The SMILES string of the molecule is CCOc1ccccc1CNC(=O)CC1COc2cc(Cl)ccc2NC1=O. The highest BCUT2D eigenvalue weighted by molar-refractivity contribution is 6.30. The number of fused-ring (bicyclic) bond motifs is 1. The lowest BCUT2D eigenvalue weighted by atomic mass is 10.1. The minimum Gasteiger partial charge on any atom is -0.494 e. The monoisotopic (exact) mass is 388 g/mol. The van der Waals surface area contributed by atoms with Crippen LogP contribution in [0.4, 0.5) is 5.69 Å². The van der Waals surface area contributed by atoms with E-state index in [0.717, 1.165) is 11.3 Å². The van der Waals surface area contributed by atoms with E-state index in [1.54, 1.807) is 18.2 Å². The molecule has 0 saturated heterocycles. The normalized spacial score (nSPS) is 15.8. The summed E-state index contributed by atoms with van der Waals surface area (Å²) in [5.41, 5.74) is 1.44. The Labute approximate surface area is 162 Å². The van der Waals surface area contributed by atoms with Crippen LogP contribution in [0.25, 0.3) is 0 Å². The molecule has 6 nitrogen and oxygen atoms in total. The molecular weight excluding hydrogens is 368 g/mol. The highest BCUT2D eigenvalue weighted by Crippen LogP contribution is 2.31. The van der Waals surface area contributed by atoms with Crippen LogP contribution < -0.4 is 20.1 Å². The Morgan fingerprint density at radius 3 is 2.96 bits per heavy atom. The summed E-state index contributed by atoms with van der Waals surface area (Å²) >= 11 is 5.95. The third kappa shape index (κ3) is 4.92. The largest absolute Gasteiger partial charge is 0.494 e. The molecule has 2 amide bonds. The lowest BCUT2D eigenvalue weighted by Gasteiger charge is -2.14. The van der Waals surface area contributed by atoms with Gasteiger partial charge < -0.3 is 20.1 Å². The van der Waals surface area contributed by atoms with Gasteiger partial charge in [-0.25, -0.2) is 0 Å². The molecule has 2 aromatic carbocycles. The molecule has 2 aromatic rings. The number of rotatable bonds is 6. The van der Waals surface area contributed by atoms with Crippen molar-refractivity contribution in [3.8, 4) is 11.5 Å². The van der Waals surface area contributed by atoms with E-state index in [1.807, 2.05) is 31.2 Å². The summed E-state index contributed by atoms with van der Waals surface area (Å²) in [5.74, 6) is 0.181. The molecular formula is C20H21ClN2O4. The molecule has 27 heavy (non-hydrogen) atoms. The number of anilines is 1. The summed E-state index contributed by atoms with van der Waals surface area (Å²) < 4.78 is 11.2. The molecule has 1 atom stereocenters. The molecule has 0 aromatic heterocycles. The molecule has 1 aliphatic rings.